The lowest BCUT2D eigenvalue weighted by molar-refractivity contribution is -0.0334. The monoisotopic (exact) mass is 206 g/mol. The van der Waals surface area contributed by atoms with Crippen LogP contribution in [0.4, 0.5) is 0 Å². The van der Waals surface area contributed by atoms with E-state index in [-0.39, 0.29) is 0 Å². The molecular weight excluding hydrogens is 199 g/mol. The van der Waals surface area contributed by atoms with Crippen molar-refractivity contribution in [3.63, 3.8) is 0 Å². The van der Waals surface area contributed by atoms with Crippen molar-refractivity contribution in [3.05, 3.63) is 0 Å². The highest BCUT2D eigenvalue weighted by Crippen LogP contribution is 1.89. The molecule has 0 aromatic rings. The molecule has 0 N–H and O–H groups in total. The molecule has 62 valence electrons. The molecule has 0 bridgehead atoms. The molecule has 0 aromatic heterocycles. The van der Waals surface area contributed by atoms with Gasteiger partial charge in [-0.3, -0.25) is 0 Å². The predicted octanol–water partition coefficient (Wildman–Crippen LogP) is 1.08. The van der Waals surface area contributed by atoms with Gasteiger partial charge in [0.1, 0.15) is 0 Å². The Morgan fingerprint density at radius 2 is 1.20 bits per heavy atom. The van der Waals surface area contributed by atoms with E-state index in [1.54, 1.807) is 0 Å². The quantitative estimate of drug-likeness (QED) is 0.557. The average Bonchev–Trinajstić information content (AvgIpc) is 1.90. The molecule has 1 rings (SSSR count). The van der Waals surface area contributed by atoms with Crippen LogP contribution in [-0.2, 0) is 18.7 Å². The smallest absolute Gasteiger partial charge is 0.211 e. The third-order valence-electron chi connectivity index (χ3n) is 0.744. The minimum absolute atomic E-state index is 0.778. The number of hydrogen-bond acceptors (Lipinski definition) is 3. The largest absolute Gasteiger partial charge is 0.377 e. The fourth-order valence-corrected chi connectivity index (χ4v) is 0.440. The molecule has 0 unspecified atom stereocenters. The standard InChI is InChI=1S/C4H8O2.Cl2OS/c1-2-6-4-3-5-1;1-4(2)3/h1-4H2;. The topological polar surface area (TPSA) is 35.5 Å². The minimum atomic E-state index is -1.67. The lowest BCUT2D eigenvalue weighted by Crippen LogP contribution is -2.16. The van der Waals surface area contributed by atoms with Crippen molar-refractivity contribution < 1.29 is 13.7 Å². The Labute approximate surface area is 71.0 Å². The molecule has 0 spiro atoms. The zero-order valence-electron chi connectivity index (χ0n) is 5.22. The Morgan fingerprint density at radius 1 is 1.00 bits per heavy atom. The number of rotatable bonds is 0. The highest BCUT2D eigenvalue weighted by atomic mass is 36.0. The van der Waals surface area contributed by atoms with Crippen LogP contribution in [0.3, 0.4) is 0 Å². The summed E-state index contributed by atoms with van der Waals surface area (Å²) >= 11 is 0. The molecule has 0 atom stereocenters. The molecule has 1 aliphatic rings. The van der Waals surface area contributed by atoms with Crippen LogP contribution >= 0.6 is 21.4 Å². The van der Waals surface area contributed by atoms with E-state index < -0.39 is 9.23 Å². The highest BCUT2D eigenvalue weighted by molar-refractivity contribution is 8.26. The maximum atomic E-state index is 9.09. The van der Waals surface area contributed by atoms with Gasteiger partial charge in [-0.1, -0.05) is 0 Å². The molecule has 1 fully saturated rings. The van der Waals surface area contributed by atoms with E-state index in [1.807, 2.05) is 0 Å². The molecule has 1 saturated heterocycles. The molecule has 6 heteroatoms. The fourth-order valence-electron chi connectivity index (χ4n) is 0.440. The van der Waals surface area contributed by atoms with Crippen molar-refractivity contribution in [2.45, 2.75) is 0 Å². The van der Waals surface area contributed by atoms with E-state index in [2.05, 4.69) is 21.4 Å². The normalized spacial score (nSPS) is 17.9. The van der Waals surface area contributed by atoms with Crippen molar-refractivity contribution >= 4 is 30.6 Å². The van der Waals surface area contributed by atoms with Gasteiger partial charge >= 0.3 is 0 Å². The molecule has 0 radical (unpaired) electrons. The van der Waals surface area contributed by atoms with Crippen molar-refractivity contribution in [1.29, 1.82) is 0 Å². The molecule has 0 saturated carbocycles. The zero-order chi connectivity index (χ0) is 7.82. The lowest BCUT2D eigenvalue weighted by atomic mass is 10.6. The van der Waals surface area contributed by atoms with Crippen molar-refractivity contribution in [1.82, 2.24) is 0 Å². The van der Waals surface area contributed by atoms with Crippen LogP contribution in [0.1, 0.15) is 0 Å². The van der Waals surface area contributed by atoms with E-state index in [0.29, 0.717) is 0 Å². The fraction of sp³-hybridized carbons (Fsp3) is 1.00. The first kappa shape index (κ1) is 10.7. The Bertz CT molecular complexity index is 81.0. The van der Waals surface area contributed by atoms with Crippen LogP contribution < -0.4 is 0 Å². The second-order valence-corrected chi connectivity index (χ2v) is 3.93. The van der Waals surface area contributed by atoms with Gasteiger partial charge in [0, 0.05) is 21.4 Å². The van der Waals surface area contributed by atoms with Gasteiger partial charge in [-0.25, -0.2) is 4.21 Å². The van der Waals surface area contributed by atoms with Crippen LogP contribution in [0.2, 0.25) is 0 Å². The van der Waals surface area contributed by atoms with E-state index in [0.717, 1.165) is 26.4 Å². The molecule has 1 heterocycles. The van der Waals surface area contributed by atoms with Gasteiger partial charge in [-0.15, -0.1) is 0 Å². The first-order valence-electron chi connectivity index (χ1n) is 2.63. The van der Waals surface area contributed by atoms with Gasteiger partial charge in [0.25, 0.3) is 0 Å². The Morgan fingerprint density at radius 3 is 1.30 bits per heavy atom. The molecule has 3 nitrogen and oxygen atoms in total. The van der Waals surface area contributed by atoms with E-state index in [4.69, 9.17) is 13.7 Å². The van der Waals surface area contributed by atoms with E-state index in [1.165, 1.54) is 0 Å². The molecule has 1 aliphatic heterocycles. The summed E-state index contributed by atoms with van der Waals surface area (Å²) < 4.78 is 19.0. The Balaban J connectivity index is 0.000000180. The molecule has 0 amide bonds. The van der Waals surface area contributed by atoms with Crippen LogP contribution in [0.5, 0.6) is 0 Å². The van der Waals surface area contributed by atoms with Crippen LogP contribution in [0, 0.1) is 0 Å². The van der Waals surface area contributed by atoms with Crippen molar-refractivity contribution in [3.8, 4) is 0 Å². The third kappa shape index (κ3) is 11.4. The second kappa shape index (κ2) is 7.75. The zero-order valence-corrected chi connectivity index (χ0v) is 7.55. The molecular formula is C4H8Cl2O3S. The van der Waals surface area contributed by atoms with Gasteiger partial charge in [0.15, 0.2) is 0 Å². The number of hydrogen-bond donors (Lipinski definition) is 0. The summed E-state index contributed by atoms with van der Waals surface area (Å²) in [7, 11) is 7.36. The summed E-state index contributed by atoms with van der Waals surface area (Å²) in [6.07, 6.45) is 0. The van der Waals surface area contributed by atoms with E-state index in [9.17, 15) is 0 Å². The lowest BCUT2D eigenvalue weighted by Gasteiger charge is -2.09. The summed E-state index contributed by atoms with van der Waals surface area (Å²) in [5.74, 6) is 0. The number of ether oxygens (including phenoxy) is 2. The van der Waals surface area contributed by atoms with Gasteiger partial charge in [0.2, 0.25) is 9.23 Å². The Kier molecular flexibility index (Phi) is 8.26. The predicted molar refractivity (Wildman–Crippen MR) is 41.5 cm³/mol. The first-order valence-corrected chi connectivity index (χ1v) is 5.43. The SMILES string of the molecule is C1COCCO1.O=S(Cl)Cl. The maximum Gasteiger partial charge on any atom is 0.211 e. The average molecular weight is 207 g/mol. The van der Waals surface area contributed by atoms with Crippen molar-refractivity contribution in [2.24, 2.45) is 0 Å². The van der Waals surface area contributed by atoms with Gasteiger partial charge in [-0.2, -0.15) is 0 Å². The summed E-state index contributed by atoms with van der Waals surface area (Å²) in [4.78, 5) is 0. The number of halogens is 2. The summed E-state index contributed by atoms with van der Waals surface area (Å²) in [5, 5.41) is 0. The van der Waals surface area contributed by atoms with Crippen molar-refractivity contribution in [2.75, 3.05) is 26.4 Å². The maximum absolute atomic E-state index is 9.09. The molecule has 0 aliphatic carbocycles. The summed E-state index contributed by atoms with van der Waals surface area (Å²) in [6.45, 7) is 3.11. The highest BCUT2D eigenvalue weighted by Gasteiger charge is 1.94. The minimum Gasteiger partial charge on any atom is -0.377 e. The Hall–Kier alpha value is 0.650. The van der Waals surface area contributed by atoms with Gasteiger partial charge < -0.3 is 9.47 Å². The van der Waals surface area contributed by atoms with Gasteiger partial charge in [0.05, 0.1) is 26.4 Å². The second-order valence-electron chi connectivity index (χ2n) is 1.41. The first-order chi connectivity index (χ1) is 4.73. The molecule has 0 aromatic carbocycles. The summed E-state index contributed by atoms with van der Waals surface area (Å²) in [5.41, 5.74) is 0. The van der Waals surface area contributed by atoms with Crippen LogP contribution in [0.25, 0.3) is 0 Å². The molecule has 10 heavy (non-hydrogen) atoms. The van der Waals surface area contributed by atoms with Gasteiger partial charge in [-0.05, 0) is 0 Å². The van der Waals surface area contributed by atoms with Crippen LogP contribution in [0.15, 0.2) is 0 Å². The summed E-state index contributed by atoms with van der Waals surface area (Å²) in [6, 6.07) is 0. The third-order valence-corrected chi connectivity index (χ3v) is 0.744. The van der Waals surface area contributed by atoms with Crippen LogP contribution in [-0.4, -0.2) is 30.6 Å². The van der Waals surface area contributed by atoms with E-state index >= 15 is 0 Å².